The highest BCUT2D eigenvalue weighted by molar-refractivity contribution is 8.18. The molecule has 0 N–H and O–H groups in total. The standard InChI is InChI=1S/C15H17NO4S2/c1-9-5-6-21-10(9)7-11-13(18)16(14(19)22-11)8-12(17)20-15(2,3)4/h5-7H,8H2,1-4H3. The van der Waals surface area contributed by atoms with Crippen LogP contribution in [0.2, 0.25) is 0 Å². The Morgan fingerprint density at radius 1 is 1.36 bits per heavy atom. The molecule has 1 saturated heterocycles. The average molecular weight is 339 g/mol. The van der Waals surface area contributed by atoms with E-state index in [4.69, 9.17) is 4.74 Å². The Balaban J connectivity index is 2.11. The van der Waals surface area contributed by atoms with Crippen LogP contribution in [-0.2, 0) is 14.3 Å². The molecule has 0 saturated carbocycles. The maximum Gasteiger partial charge on any atom is 0.326 e. The van der Waals surface area contributed by atoms with Crippen LogP contribution in [0.3, 0.4) is 0 Å². The smallest absolute Gasteiger partial charge is 0.326 e. The molecule has 1 aliphatic heterocycles. The Morgan fingerprint density at radius 2 is 2.05 bits per heavy atom. The van der Waals surface area contributed by atoms with E-state index in [0.717, 1.165) is 27.1 Å². The third-order valence-electron chi connectivity index (χ3n) is 2.74. The second-order valence-electron chi connectivity index (χ2n) is 5.82. The number of carbonyl (C=O) groups excluding carboxylic acids is 3. The quantitative estimate of drug-likeness (QED) is 0.623. The van der Waals surface area contributed by atoms with Crippen LogP contribution in [0.25, 0.3) is 6.08 Å². The van der Waals surface area contributed by atoms with Crippen molar-refractivity contribution in [2.24, 2.45) is 0 Å². The molecule has 1 fully saturated rings. The van der Waals surface area contributed by atoms with Crippen LogP contribution < -0.4 is 0 Å². The van der Waals surface area contributed by atoms with E-state index in [2.05, 4.69) is 0 Å². The highest BCUT2D eigenvalue weighted by atomic mass is 32.2. The van der Waals surface area contributed by atoms with Gasteiger partial charge < -0.3 is 4.74 Å². The number of rotatable bonds is 3. The minimum Gasteiger partial charge on any atom is -0.459 e. The number of esters is 1. The fourth-order valence-corrected chi connectivity index (χ4v) is 3.54. The van der Waals surface area contributed by atoms with Crippen molar-refractivity contribution in [2.45, 2.75) is 33.3 Å². The molecule has 2 heterocycles. The van der Waals surface area contributed by atoms with E-state index >= 15 is 0 Å². The van der Waals surface area contributed by atoms with E-state index in [1.54, 1.807) is 26.8 Å². The zero-order chi connectivity index (χ0) is 16.5. The summed E-state index contributed by atoms with van der Waals surface area (Å²) in [5.74, 6) is -1.04. The van der Waals surface area contributed by atoms with Crippen molar-refractivity contribution in [1.29, 1.82) is 0 Å². The molecule has 1 aromatic rings. The topological polar surface area (TPSA) is 63.7 Å². The number of thioether (sulfide) groups is 1. The van der Waals surface area contributed by atoms with E-state index in [-0.39, 0.29) is 6.54 Å². The van der Waals surface area contributed by atoms with Crippen molar-refractivity contribution in [1.82, 2.24) is 4.90 Å². The molecule has 0 aliphatic carbocycles. The first-order valence-electron chi connectivity index (χ1n) is 6.69. The minimum atomic E-state index is -0.650. The molecule has 1 aliphatic rings. The van der Waals surface area contributed by atoms with Gasteiger partial charge in [-0.05, 0) is 62.5 Å². The van der Waals surface area contributed by atoms with Gasteiger partial charge in [0.15, 0.2) is 0 Å². The van der Waals surface area contributed by atoms with Crippen molar-refractivity contribution in [3.05, 3.63) is 26.8 Å². The highest BCUT2D eigenvalue weighted by Crippen LogP contribution is 2.33. The van der Waals surface area contributed by atoms with Crippen LogP contribution in [0.15, 0.2) is 16.4 Å². The first-order chi connectivity index (χ1) is 10.2. The maximum absolute atomic E-state index is 12.3. The Bertz CT molecular complexity index is 655. The van der Waals surface area contributed by atoms with E-state index < -0.39 is 22.7 Å². The summed E-state index contributed by atoms with van der Waals surface area (Å²) in [6.45, 7) is 6.78. The van der Waals surface area contributed by atoms with Gasteiger partial charge in [0, 0.05) is 4.88 Å². The number of imide groups is 1. The van der Waals surface area contributed by atoms with Crippen molar-refractivity contribution in [3.8, 4) is 0 Å². The van der Waals surface area contributed by atoms with Crippen LogP contribution in [0.1, 0.15) is 31.2 Å². The molecule has 0 aromatic carbocycles. The van der Waals surface area contributed by atoms with Crippen molar-refractivity contribution >= 4 is 46.3 Å². The number of amides is 2. The first kappa shape index (κ1) is 16.8. The van der Waals surface area contributed by atoms with Gasteiger partial charge >= 0.3 is 5.97 Å². The average Bonchev–Trinajstić information content (AvgIpc) is 2.87. The molecule has 0 radical (unpaired) electrons. The Hall–Kier alpha value is -1.60. The predicted molar refractivity (Wildman–Crippen MR) is 87.6 cm³/mol. The van der Waals surface area contributed by atoms with Crippen molar-refractivity contribution in [3.63, 3.8) is 0 Å². The van der Waals surface area contributed by atoms with E-state index in [0.29, 0.717) is 4.91 Å². The first-order valence-corrected chi connectivity index (χ1v) is 8.38. The molecule has 5 nitrogen and oxygen atoms in total. The largest absolute Gasteiger partial charge is 0.459 e. The summed E-state index contributed by atoms with van der Waals surface area (Å²) < 4.78 is 5.14. The van der Waals surface area contributed by atoms with Crippen LogP contribution in [-0.4, -0.2) is 34.2 Å². The lowest BCUT2D eigenvalue weighted by molar-refractivity contribution is -0.156. The van der Waals surface area contributed by atoms with Gasteiger partial charge in [-0.15, -0.1) is 11.3 Å². The number of nitrogens with zero attached hydrogens (tertiary/aromatic N) is 1. The monoisotopic (exact) mass is 339 g/mol. The number of hydrogen-bond acceptors (Lipinski definition) is 6. The third kappa shape index (κ3) is 3.98. The Morgan fingerprint density at radius 3 is 2.59 bits per heavy atom. The van der Waals surface area contributed by atoms with Crippen LogP contribution in [0.5, 0.6) is 0 Å². The van der Waals surface area contributed by atoms with E-state index in [1.165, 1.54) is 11.3 Å². The van der Waals surface area contributed by atoms with E-state index in [9.17, 15) is 14.4 Å². The molecule has 0 bridgehead atoms. The molecular formula is C15H17NO4S2. The molecule has 0 atom stereocenters. The van der Waals surface area contributed by atoms with Gasteiger partial charge in [0.05, 0.1) is 4.91 Å². The molecule has 2 amide bonds. The molecule has 0 unspecified atom stereocenters. The highest BCUT2D eigenvalue weighted by Gasteiger charge is 2.37. The Labute approximate surface area is 137 Å². The lowest BCUT2D eigenvalue weighted by Gasteiger charge is -2.21. The summed E-state index contributed by atoms with van der Waals surface area (Å²) in [6, 6.07) is 1.95. The van der Waals surface area contributed by atoms with Gasteiger partial charge in [-0.1, -0.05) is 0 Å². The summed E-state index contributed by atoms with van der Waals surface area (Å²) in [6.07, 6.45) is 1.69. The SMILES string of the molecule is Cc1ccsc1C=C1SC(=O)N(CC(=O)OC(C)(C)C)C1=O. The third-order valence-corrected chi connectivity index (χ3v) is 4.62. The maximum atomic E-state index is 12.3. The molecule has 7 heteroatoms. The van der Waals surface area contributed by atoms with Crippen LogP contribution >= 0.6 is 23.1 Å². The van der Waals surface area contributed by atoms with Gasteiger partial charge in [0.25, 0.3) is 11.1 Å². The Kier molecular flexibility index (Phi) is 4.77. The lowest BCUT2D eigenvalue weighted by atomic mass is 10.2. The second-order valence-corrected chi connectivity index (χ2v) is 7.76. The molecule has 2 rings (SSSR count). The summed E-state index contributed by atoms with van der Waals surface area (Å²) in [5, 5.41) is 1.47. The molecule has 0 spiro atoms. The summed E-state index contributed by atoms with van der Waals surface area (Å²) in [5.41, 5.74) is 0.395. The van der Waals surface area contributed by atoms with Gasteiger partial charge in [-0.25, -0.2) is 0 Å². The molecule has 118 valence electrons. The number of carbonyl (C=O) groups is 3. The molecule has 22 heavy (non-hydrogen) atoms. The van der Waals surface area contributed by atoms with Crippen LogP contribution in [0.4, 0.5) is 4.79 Å². The molecular weight excluding hydrogens is 322 g/mol. The zero-order valence-electron chi connectivity index (χ0n) is 12.8. The molecule has 1 aromatic heterocycles. The summed E-state index contributed by atoms with van der Waals surface area (Å²) >= 11 is 2.35. The van der Waals surface area contributed by atoms with Gasteiger partial charge in [0.2, 0.25) is 0 Å². The summed E-state index contributed by atoms with van der Waals surface area (Å²) in [7, 11) is 0. The lowest BCUT2D eigenvalue weighted by Crippen LogP contribution is -2.37. The van der Waals surface area contributed by atoms with Crippen molar-refractivity contribution < 1.29 is 19.1 Å². The van der Waals surface area contributed by atoms with Gasteiger partial charge in [0.1, 0.15) is 12.1 Å². The normalized spacial score (nSPS) is 17.5. The number of aryl methyl sites for hydroxylation is 1. The van der Waals surface area contributed by atoms with Gasteiger partial charge in [-0.2, -0.15) is 0 Å². The number of thiophene rings is 1. The second kappa shape index (κ2) is 6.26. The minimum absolute atomic E-state index is 0.333. The number of ether oxygens (including phenoxy) is 1. The van der Waals surface area contributed by atoms with Crippen LogP contribution in [0, 0.1) is 6.92 Å². The fourth-order valence-electron chi connectivity index (χ4n) is 1.79. The summed E-state index contributed by atoms with van der Waals surface area (Å²) in [4.78, 5) is 38.2. The predicted octanol–water partition coefficient (Wildman–Crippen LogP) is 3.43. The van der Waals surface area contributed by atoms with E-state index in [1.807, 2.05) is 18.4 Å². The van der Waals surface area contributed by atoms with Gasteiger partial charge in [-0.3, -0.25) is 19.3 Å². The number of hydrogen-bond donors (Lipinski definition) is 0. The zero-order valence-corrected chi connectivity index (χ0v) is 14.5. The van der Waals surface area contributed by atoms with Crippen molar-refractivity contribution in [2.75, 3.05) is 6.54 Å². The fraction of sp³-hybridized carbons (Fsp3) is 0.400.